The van der Waals surface area contributed by atoms with Crippen LogP contribution >= 0.6 is 0 Å². The third kappa shape index (κ3) is 6.01. The highest BCUT2D eigenvalue weighted by atomic mass is 16.5. The highest BCUT2D eigenvalue weighted by Crippen LogP contribution is 2.42. The maximum atomic E-state index is 12.9. The summed E-state index contributed by atoms with van der Waals surface area (Å²) in [4.78, 5) is 25.8. The van der Waals surface area contributed by atoms with Gasteiger partial charge in [-0.2, -0.15) is 0 Å². The molecule has 0 saturated carbocycles. The van der Waals surface area contributed by atoms with Gasteiger partial charge < -0.3 is 48.5 Å². The van der Waals surface area contributed by atoms with E-state index in [1.54, 1.807) is 24.3 Å². The van der Waals surface area contributed by atoms with E-state index < -0.39 is 11.9 Å². The molecular formula is C28H32N2O10. The van der Waals surface area contributed by atoms with E-state index in [-0.39, 0.29) is 22.5 Å². The van der Waals surface area contributed by atoms with Crippen LogP contribution < -0.4 is 39.1 Å². The van der Waals surface area contributed by atoms with E-state index in [1.807, 2.05) is 0 Å². The third-order valence-electron chi connectivity index (χ3n) is 5.92. The van der Waals surface area contributed by atoms with Crippen LogP contribution in [-0.2, 0) is 9.47 Å². The summed E-state index contributed by atoms with van der Waals surface area (Å²) in [7, 11) is 11.5. The third-order valence-corrected chi connectivity index (χ3v) is 5.92. The second-order valence-corrected chi connectivity index (χ2v) is 7.99. The van der Waals surface area contributed by atoms with Gasteiger partial charge in [-0.1, -0.05) is 0 Å². The number of methoxy groups -OCH3 is 8. The molecule has 0 radical (unpaired) electrons. The SMILES string of the molecule is COC(=O)c1cc(Nc2cc(OC)c(OC)cc2OC)c(C(=O)OC)cc1Nc1cc(OC)c(OC)cc1OC. The topological polar surface area (TPSA) is 132 Å². The molecule has 0 atom stereocenters. The summed E-state index contributed by atoms with van der Waals surface area (Å²) in [6.45, 7) is 0. The van der Waals surface area contributed by atoms with Gasteiger partial charge in [-0.15, -0.1) is 0 Å². The minimum Gasteiger partial charge on any atom is -0.494 e. The average Bonchev–Trinajstić information content (AvgIpc) is 2.99. The number of rotatable bonds is 12. The van der Waals surface area contributed by atoms with Crippen LogP contribution in [0.4, 0.5) is 22.7 Å². The van der Waals surface area contributed by atoms with E-state index in [4.69, 9.17) is 37.9 Å². The van der Waals surface area contributed by atoms with E-state index in [1.165, 1.54) is 69.0 Å². The highest BCUT2D eigenvalue weighted by Gasteiger charge is 2.24. The lowest BCUT2D eigenvalue weighted by molar-refractivity contribution is 0.0588. The summed E-state index contributed by atoms with van der Waals surface area (Å²) in [5.74, 6) is 1.17. The molecule has 0 aromatic heterocycles. The molecule has 0 unspecified atom stereocenters. The van der Waals surface area contributed by atoms with Crippen molar-refractivity contribution in [3.63, 3.8) is 0 Å². The van der Waals surface area contributed by atoms with Crippen molar-refractivity contribution in [3.8, 4) is 34.5 Å². The Morgan fingerprint density at radius 2 is 0.725 bits per heavy atom. The maximum Gasteiger partial charge on any atom is 0.340 e. The number of anilines is 4. The molecule has 40 heavy (non-hydrogen) atoms. The minimum atomic E-state index is -0.666. The molecule has 12 heteroatoms. The Morgan fingerprint density at radius 3 is 1.00 bits per heavy atom. The first kappa shape index (κ1) is 29.6. The van der Waals surface area contributed by atoms with Crippen molar-refractivity contribution in [2.24, 2.45) is 0 Å². The van der Waals surface area contributed by atoms with Gasteiger partial charge in [0.15, 0.2) is 23.0 Å². The van der Waals surface area contributed by atoms with E-state index >= 15 is 0 Å². The lowest BCUT2D eigenvalue weighted by Gasteiger charge is -2.20. The van der Waals surface area contributed by atoms with Gasteiger partial charge in [0.1, 0.15) is 11.5 Å². The Labute approximate surface area is 232 Å². The highest BCUT2D eigenvalue weighted by molar-refractivity contribution is 6.04. The van der Waals surface area contributed by atoms with Gasteiger partial charge in [-0.3, -0.25) is 0 Å². The van der Waals surface area contributed by atoms with Crippen LogP contribution in [0.5, 0.6) is 34.5 Å². The molecule has 0 heterocycles. The van der Waals surface area contributed by atoms with Crippen molar-refractivity contribution in [1.82, 2.24) is 0 Å². The molecule has 0 aliphatic carbocycles. The maximum absolute atomic E-state index is 12.9. The molecule has 12 nitrogen and oxygen atoms in total. The Morgan fingerprint density at radius 1 is 0.425 bits per heavy atom. The molecule has 0 spiro atoms. The molecule has 2 N–H and O–H groups in total. The largest absolute Gasteiger partial charge is 0.494 e. The molecule has 0 fully saturated rings. The van der Waals surface area contributed by atoms with Gasteiger partial charge in [-0.25, -0.2) is 9.59 Å². The molecule has 0 aliphatic heterocycles. The quantitative estimate of drug-likeness (QED) is 0.297. The van der Waals surface area contributed by atoms with E-state index in [9.17, 15) is 9.59 Å². The average molecular weight is 557 g/mol. The van der Waals surface area contributed by atoms with Gasteiger partial charge >= 0.3 is 11.9 Å². The Kier molecular flexibility index (Phi) is 9.74. The van der Waals surface area contributed by atoms with Crippen molar-refractivity contribution in [3.05, 3.63) is 47.5 Å². The van der Waals surface area contributed by atoms with E-state index in [0.29, 0.717) is 45.9 Å². The molecule has 3 rings (SSSR count). The summed E-state index contributed by atoms with van der Waals surface area (Å²) < 4.78 is 42.6. The second kappa shape index (κ2) is 13.2. The van der Waals surface area contributed by atoms with Crippen LogP contribution in [0.25, 0.3) is 0 Å². The van der Waals surface area contributed by atoms with Crippen molar-refractivity contribution >= 4 is 34.7 Å². The van der Waals surface area contributed by atoms with Crippen LogP contribution in [-0.4, -0.2) is 68.8 Å². The predicted octanol–water partition coefficient (Wildman–Crippen LogP) is 4.80. The zero-order valence-electron chi connectivity index (χ0n) is 23.5. The number of nitrogens with one attached hydrogen (secondary N) is 2. The normalized spacial score (nSPS) is 10.2. The monoisotopic (exact) mass is 556 g/mol. The van der Waals surface area contributed by atoms with E-state index in [2.05, 4.69) is 10.6 Å². The minimum absolute atomic E-state index is 0.105. The standard InChI is InChI=1S/C28H32N2O10/c1-33-21-13-25(37-5)23(35-3)11-19(21)29-17-9-16(28(32)40-8)18(10-15(17)27(31)39-7)30-20-12-24(36-4)26(38-6)14-22(20)34-2/h9-14,29-30H,1-8H3. The molecule has 0 amide bonds. The number of esters is 2. The van der Waals surface area contributed by atoms with Crippen molar-refractivity contribution < 1.29 is 47.5 Å². The Bertz CT molecular complexity index is 1280. The first-order valence-electron chi connectivity index (χ1n) is 11.8. The van der Waals surface area contributed by atoms with Crippen LogP contribution in [0.1, 0.15) is 20.7 Å². The lowest BCUT2D eigenvalue weighted by atomic mass is 10.0. The molecule has 214 valence electrons. The molecule has 0 saturated heterocycles. The summed E-state index contributed by atoms with van der Waals surface area (Å²) in [6.07, 6.45) is 0. The van der Waals surface area contributed by atoms with Crippen molar-refractivity contribution in [2.75, 3.05) is 67.5 Å². The Balaban J connectivity index is 2.22. The summed E-state index contributed by atoms with van der Waals surface area (Å²) in [6, 6.07) is 9.45. The van der Waals surface area contributed by atoms with Crippen LogP contribution in [0.2, 0.25) is 0 Å². The van der Waals surface area contributed by atoms with Crippen molar-refractivity contribution in [1.29, 1.82) is 0 Å². The van der Waals surface area contributed by atoms with E-state index in [0.717, 1.165) is 0 Å². The Hall–Kier alpha value is -5.00. The second-order valence-electron chi connectivity index (χ2n) is 7.99. The number of carbonyl (C=O) groups excluding carboxylic acids is 2. The summed E-state index contributed by atoms with van der Waals surface area (Å²) >= 11 is 0. The first-order chi connectivity index (χ1) is 19.3. The van der Waals surface area contributed by atoms with Gasteiger partial charge in [-0.05, 0) is 12.1 Å². The fraction of sp³-hybridized carbons (Fsp3) is 0.286. The predicted molar refractivity (Wildman–Crippen MR) is 148 cm³/mol. The number of ether oxygens (including phenoxy) is 8. The zero-order chi connectivity index (χ0) is 29.4. The smallest absolute Gasteiger partial charge is 0.340 e. The van der Waals surface area contributed by atoms with Crippen LogP contribution in [0, 0.1) is 0 Å². The first-order valence-corrected chi connectivity index (χ1v) is 11.8. The fourth-order valence-electron chi connectivity index (χ4n) is 3.91. The number of hydrogen-bond donors (Lipinski definition) is 2. The number of hydrogen-bond acceptors (Lipinski definition) is 12. The van der Waals surface area contributed by atoms with Gasteiger partial charge in [0, 0.05) is 24.3 Å². The van der Waals surface area contributed by atoms with Crippen LogP contribution in [0.3, 0.4) is 0 Å². The van der Waals surface area contributed by atoms with Gasteiger partial charge in [0.2, 0.25) is 0 Å². The molecular weight excluding hydrogens is 524 g/mol. The fourth-order valence-corrected chi connectivity index (χ4v) is 3.91. The summed E-state index contributed by atoms with van der Waals surface area (Å²) in [5, 5.41) is 6.28. The summed E-state index contributed by atoms with van der Waals surface area (Å²) in [5.41, 5.74) is 1.56. The molecule has 0 aliphatic rings. The molecule has 3 aromatic rings. The number of carbonyl (C=O) groups is 2. The van der Waals surface area contributed by atoms with Crippen LogP contribution in [0.15, 0.2) is 36.4 Å². The van der Waals surface area contributed by atoms with Crippen molar-refractivity contribution in [2.45, 2.75) is 0 Å². The molecule has 0 bridgehead atoms. The zero-order valence-corrected chi connectivity index (χ0v) is 23.5. The number of benzene rings is 3. The van der Waals surface area contributed by atoms with Gasteiger partial charge in [0.25, 0.3) is 0 Å². The van der Waals surface area contributed by atoms with Gasteiger partial charge in [0.05, 0.1) is 90.8 Å². The lowest BCUT2D eigenvalue weighted by Crippen LogP contribution is -2.12. The molecule has 3 aromatic carbocycles.